The fourth-order valence-electron chi connectivity index (χ4n) is 2.60. The van der Waals surface area contributed by atoms with Gasteiger partial charge in [-0.25, -0.2) is 0 Å². The molecule has 1 aliphatic rings. The highest BCUT2D eigenvalue weighted by molar-refractivity contribution is 5.33. The molecule has 0 radical (unpaired) electrons. The summed E-state index contributed by atoms with van der Waals surface area (Å²) in [5, 5.41) is 10.6. The molecule has 0 aromatic heterocycles. The zero-order chi connectivity index (χ0) is 13.0. The summed E-state index contributed by atoms with van der Waals surface area (Å²) in [6.07, 6.45) is 6.12. The van der Waals surface area contributed by atoms with Crippen LogP contribution in [0.1, 0.15) is 31.2 Å². The maximum Gasteiger partial charge on any atom is 0.269 e. The summed E-state index contributed by atoms with van der Waals surface area (Å²) in [4.78, 5) is 12.7. The van der Waals surface area contributed by atoms with Gasteiger partial charge in [0.25, 0.3) is 5.69 Å². The van der Waals surface area contributed by atoms with Gasteiger partial charge in [0.15, 0.2) is 0 Å². The number of nitrogens with zero attached hydrogens (tertiary/aromatic N) is 2. The van der Waals surface area contributed by atoms with Gasteiger partial charge in [0.05, 0.1) is 4.92 Å². The van der Waals surface area contributed by atoms with Crippen molar-refractivity contribution in [2.24, 2.45) is 0 Å². The molecule has 0 bridgehead atoms. The van der Waals surface area contributed by atoms with E-state index in [4.69, 9.17) is 0 Å². The van der Waals surface area contributed by atoms with Crippen LogP contribution >= 0.6 is 0 Å². The van der Waals surface area contributed by atoms with Crippen molar-refractivity contribution < 1.29 is 4.92 Å². The van der Waals surface area contributed by atoms with Crippen LogP contribution in [-0.4, -0.2) is 29.5 Å². The van der Waals surface area contributed by atoms with Crippen LogP contribution in [0.3, 0.4) is 0 Å². The van der Waals surface area contributed by atoms with Crippen LogP contribution in [0.4, 0.5) is 5.69 Å². The zero-order valence-corrected chi connectivity index (χ0v) is 10.8. The second-order valence-corrected chi connectivity index (χ2v) is 5.11. The van der Waals surface area contributed by atoms with Crippen LogP contribution in [0.2, 0.25) is 0 Å². The molecule has 1 fully saturated rings. The Morgan fingerprint density at radius 2 is 2.00 bits per heavy atom. The van der Waals surface area contributed by atoms with Crippen LogP contribution in [-0.2, 0) is 6.42 Å². The van der Waals surface area contributed by atoms with Crippen molar-refractivity contribution in [3.8, 4) is 0 Å². The Kier molecular flexibility index (Phi) is 4.31. The first kappa shape index (κ1) is 13.0. The molecule has 1 aromatic rings. The fourth-order valence-corrected chi connectivity index (χ4v) is 2.60. The average molecular weight is 248 g/mol. The Morgan fingerprint density at radius 1 is 1.28 bits per heavy atom. The minimum absolute atomic E-state index is 0.174. The Balaban J connectivity index is 2.01. The van der Waals surface area contributed by atoms with Crippen molar-refractivity contribution in [1.29, 1.82) is 0 Å². The third-order valence-electron chi connectivity index (χ3n) is 3.79. The van der Waals surface area contributed by atoms with E-state index in [0.29, 0.717) is 6.04 Å². The van der Waals surface area contributed by atoms with Crippen molar-refractivity contribution in [3.63, 3.8) is 0 Å². The molecule has 1 atom stereocenters. The Morgan fingerprint density at radius 3 is 2.67 bits per heavy atom. The number of non-ortho nitro benzene ring substituents is 1. The van der Waals surface area contributed by atoms with E-state index >= 15 is 0 Å². The Bertz CT molecular complexity index is 403. The highest BCUT2D eigenvalue weighted by Crippen LogP contribution is 2.20. The maximum absolute atomic E-state index is 10.6. The first-order valence-electron chi connectivity index (χ1n) is 6.60. The minimum Gasteiger partial charge on any atom is -0.303 e. The highest BCUT2D eigenvalue weighted by Gasteiger charge is 2.18. The van der Waals surface area contributed by atoms with Crippen LogP contribution in [0.5, 0.6) is 0 Å². The fraction of sp³-hybridized carbons (Fsp3) is 0.571. The largest absolute Gasteiger partial charge is 0.303 e. The SMILES string of the molecule is CN1CCCCCC1Cc1ccc([N+](=O)[O-])cc1. The number of likely N-dealkylation sites (N-methyl/N-ethyl adjacent to an activating group) is 1. The van der Waals surface area contributed by atoms with E-state index in [-0.39, 0.29) is 10.6 Å². The van der Waals surface area contributed by atoms with E-state index in [1.165, 1.54) is 31.2 Å². The van der Waals surface area contributed by atoms with Gasteiger partial charge < -0.3 is 4.90 Å². The summed E-state index contributed by atoms with van der Waals surface area (Å²) in [5.41, 5.74) is 1.37. The van der Waals surface area contributed by atoms with Gasteiger partial charge in [0.2, 0.25) is 0 Å². The van der Waals surface area contributed by atoms with Gasteiger partial charge in [0, 0.05) is 18.2 Å². The number of nitro benzene ring substituents is 1. The predicted molar refractivity (Wildman–Crippen MR) is 71.7 cm³/mol. The van der Waals surface area contributed by atoms with E-state index in [0.717, 1.165) is 13.0 Å². The molecule has 0 amide bonds. The molecule has 18 heavy (non-hydrogen) atoms. The summed E-state index contributed by atoms with van der Waals surface area (Å²) in [6.45, 7) is 1.16. The molecular weight excluding hydrogens is 228 g/mol. The third kappa shape index (κ3) is 3.29. The quantitative estimate of drug-likeness (QED) is 0.610. The molecule has 1 unspecified atom stereocenters. The van der Waals surface area contributed by atoms with Crippen LogP contribution in [0.25, 0.3) is 0 Å². The standard InChI is InChI=1S/C14H20N2O2/c1-15-10-4-2-3-5-14(15)11-12-6-8-13(9-7-12)16(17)18/h6-9,14H,2-5,10-11H2,1H3. The van der Waals surface area contributed by atoms with Gasteiger partial charge in [-0.2, -0.15) is 0 Å². The predicted octanol–water partition coefficient (Wildman–Crippen LogP) is 3.01. The molecule has 0 N–H and O–H groups in total. The van der Waals surface area contributed by atoms with Crippen molar-refractivity contribution in [3.05, 3.63) is 39.9 Å². The molecule has 0 spiro atoms. The molecule has 1 aromatic carbocycles. The van der Waals surface area contributed by atoms with E-state index in [1.807, 2.05) is 12.1 Å². The summed E-state index contributed by atoms with van der Waals surface area (Å²) < 4.78 is 0. The Hall–Kier alpha value is -1.42. The summed E-state index contributed by atoms with van der Waals surface area (Å²) >= 11 is 0. The molecular formula is C14H20N2O2. The molecule has 0 aliphatic carbocycles. The first-order valence-corrected chi connectivity index (χ1v) is 6.60. The second kappa shape index (κ2) is 5.96. The molecule has 98 valence electrons. The van der Waals surface area contributed by atoms with Gasteiger partial charge in [-0.1, -0.05) is 25.0 Å². The molecule has 0 saturated carbocycles. The number of likely N-dealkylation sites (tertiary alicyclic amines) is 1. The van der Waals surface area contributed by atoms with Crippen molar-refractivity contribution in [2.75, 3.05) is 13.6 Å². The zero-order valence-electron chi connectivity index (χ0n) is 10.8. The van der Waals surface area contributed by atoms with Crippen LogP contribution < -0.4 is 0 Å². The smallest absolute Gasteiger partial charge is 0.269 e. The Labute approximate surface area is 108 Å². The maximum atomic E-state index is 10.6. The molecule has 4 nitrogen and oxygen atoms in total. The lowest BCUT2D eigenvalue weighted by molar-refractivity contribution is -0.384. The lowest BCUT2D eigenvalue weighted by Crippen LogP contribution is -2.32. The van der Waals surface area contributed by atoms with E-state index in [9.17, 15) is 10.1 Å². The number of benzene rings is 1. The summed E-state index contributed by atoms with van der Waals surface area (Å²) in [7, 11) is 2.18. The van der Waals surface area contributed by atoms with Gasteiger partial charge in [-0.15, -0.1) is 0 Å². The first-order chi connectivity index (χ1) is 8.66. The summed E-state index contributed by atoms with van der Waals surface area (Å²) in [6, 6.07) is 7.56. The molecule has 1 heterocycles. The highest BCUT2D eigenvalue weighted by atomic mass is 16.6. The second-order valence-electron chi connectivity index (χ2n) is 5.11. The van der Waals surface area contributed by atoms with Gasteiger partial charge in [-0.3, -0.25) is 10.1 Å². The normalized spacial score (nSPS) is 21.5. The van der Waals surface area contributed by atoms with Crippen molar-refractivity contribution >= 4 is 5.69 Å². The monoisotopic (exact) mass is 248 g/mol. The molecule has 1 aliphatic heterocycles. The van der Waals surface area contributed by atoms with Gasteiger partial charge in [0.1, 0.15) is 0 Å². The average Bonchev–Trinajstić information content (AvgIpc) is 2.56. The number of hydrogen-bond donors (Lipinski definition) is 0. The van der Waals surface area contributed by atoms with Crippen LogP contribution in [0, 0.1) is 10.1 Å². The van der Waals surface area contributed by atoms with Gasteiger partial charge in [-0.05, 0) is 38.4 Å². The molecule has 1 saturated heterocycles. The van der Waals surface area contributed by atoms with Gasteiger partial charge >= 0.3 is 0 Å². The lowest BCUT2D eigenvalue weighted by Gasteiger charge is -2.25. The topological polar surface area (TPSA) is 46.4 Å². The van der Waals surface area contributed by atoms with Crippen LogP contribution in [0.15, 0.2) is 24.3 Å². The molecule has 4 heteroatoms. The number of hydrogen-bond acceptors (Lipinski definition) is 3. The van der Waals surface area contributed by atoms with Crippen molar-refractivity contribution in [2.45, 2.75) is 38.1 Å². The minimum atomic E-state index is -0.346. The van der Waals surface area contributed by atoms with E-state index in [1.54, 1.807) is 12.1 Å². The summed E-state index contributed by atoms with van der Waals surface area (Å²) in [5.74, 6) is 0. The van der Waals surface area contributed by atoms with Crippen molar-refractivity contribution in [1.82, 2.24) is 4.90 Å². The lowest BCUT2D eigenvalue weighted by atomic mass is 10.0. The van der Waals surface area contributed by atoms with E-state index < -0.39 is 0 Å². The molecule has 2 rings (SSSR count). The number of rotatable bonds is 3. The number of nitro groups is 1. The van der Waals surface area contributed by atoms with E-state index in [2.05, 4.69) is 11.9 Å². The third-order valence-corrected chi connectivity index (χ3v) is 3.79.